The number of carbonyl (C=O) groups excluding carboxylic acids is 1. The first-order chi connectivity index (χ1) is 14.7. The summed E-state index contributed by atoms with van der Waals surface area (Å²) in [4.78, 5) is 24.5. The normalized spacial score (nSPS) is 14.0. The van der Waals surface area contributed by atoms with Gasteiger partial charge in [-0.2, -0.15) is 0 Å². The first-order valence-electron chi connectivity index (χ1n) is 9.42. The van der Waals surface area contributed by atoms with Crippen LogP contribution in [0.5, 0.6) is 5.75 Å². The third kappa shape index (κ3) is 4.88. The Bertz CT molecular complexity index is 1130. The highest BCUT2D eigenvalue weighted by molar-refractivity contribution is 6.04. The van der Waals surface area contributed by atoms with Gasteiger partial charge in [0.25, 0.3) is 5.91 Å². The lowest BCUT2D eigenvalue weighted by Crippen LogP contribution is -2.26. The van der Waals surface area contributed by atoms with Crippen molar-refractivity contribution in [2.75, 3.05) is 11.9 Å². The van der Waals surface area contributed by atoms with Crippen LogP contribution in [0.1, 0.15) is 28.8 Å². The minimum Gasteiger partial charge on any atom is -0.406 e. The zero-order valence-electron chi connectivity index (χ0n) is 16.3. The Kier molecular flexibility index (Phi) is 5.44. The molecule has 1 amide bonds. The van der Waals surface area contributed by atoms with E-state index in [1.807, 2.05) is 0 Å². The van der Waals surface area contributed by atoms with Crippen molar-refractivity contribution in [3.8, 4) is 5.75 Å². The molecule has 0 radical (unpaired) electrons. The number of carbonyl (C=O) groups is 1. The summed E-state index contributed by atoms with van der Waals surface area (Å²) >= 11 is 0. The fraction of sp³-hybridized carbons (Fsp3) is 0.300. The smallest absolute Gasteiger partial charge is 0.406 e. The lowest BCUT2D eigenvalue weighted by molar-refractivity contribution is -0.274. The molecule has 1 aromatic heterocycles. The molecule has 164 valence electrons. The monoisotopic (exact) mass is 438 g/mol. The number of anilines is 2. The van der Waals surface area contributed by atoms with Crippen molar-refractivity contribution in [3.63, 3.8) is 0 Å². The Morgan fingerprint density at radius 1 is 1.29 bits per heavy atom. The number of hydroxylamine groups is 1. The minimum absolute atomic E-state index is 0.00706. The highest BCUT2D eigenvalue weighted by Gasteiger charge is 2.31. The third-order valence-electron chi connectivity index (χ3n) is 4.77. The topological polar surface area (TPSA) is 88.3 Å². The van der Waals surface area contributed by atoms with Gasteiger partial charge in [-0.25, -0.2) is 14.9 Å². The van der Waals surface area contributed by atoms with Crippen LogP contribution in [0.25, 0.3) is 11.0 Å². The third-order valence-corrected chi connectivity index (χ3v) is 4.77. The van der Waals surface area contributed by atoms with Gasteiger partial charge in [0.1, 0.15) is 11.3 Å². The number of imidazole rings is 1. The summed E-state index contributed by atoms with van der Waals surface area (Å²) in [5.74, 6) is -1.47. The second kappa shape index (κ2) is 8.06. The average molecular weight is 438 g/mol. The number of ether oxygens (including phenoxy) is 1. The van der Waals surface area contributed by atoms with E-state index in [0.717, 1.165) is 25.0 Å². The van der Waals surface area contributed by atoms with Gasteiger partial charge in [0.05, 0.1) is 29.7 Å². The van der Waals surface area contributed by atoms with E-state index in [1.54, 1.807) is 0 Å². The van der Waals surface area contributed by atoms with Crippen LogP contribution in [-0.2, 0) is 4.84 Å². The predicted molar refractivity (Wildman–Crippen MR) is 103 cm³/mol. The number of amides is 1. The number of alkyl halides is 3. The maximum absolute atomic E-state index is 15.2. The van der Waals surface area contributed by atoms with E-state index < -0.39 is 23.8 Å². The average Bonchev–Trinajstić information content (AvgIpc) is 3.38. The zero-order valence-corrected chi connectivity index (χ0v) is 16.3. The molecule has 11 heteroatoms. The number of aromatic amines is 1. The van der Waals surface area contributed by atoms with Crippen molar-refractivity contribution in [1.82, 2.24) is 15.4 Å². The standard InChI is InChI=1S/C20H18F4N4O3/c1-10-6-12(31-20(22,23)24)4-5-14(10)27-17-13(19(29)28-30-8-11-2-3-11)7-15-18(16(17)21)26-9-25-15/h4-7,9,11,27H,2-3,8H2,1H3,(H,25,26)(H,28,29). The number of H-pyrrole nitrogens is 1. The molecule has 4 rings (SSSR count). The molecule has 3 aromatic rings. The van der Waals surface area contributed by atoms with Gasteiger partial charge in [-0.15, -0.1) is 13.2 Å². The van der Waals surface area contributed by atoms with E-state index in [4.69, 9.17) is 4.84 Å². The number of nitrogens with one attached hydrogen (secondary N) is 3. The van der Waals surface area contributed by atoms with Gasteiger partial charge >= 0.3 is 6.36 Å². The molecule has 3 N–H and O–H groups in total. The van der Waals surface area contributed by atoms with Crippen molar-refractivity contribution in [1.29, 1.82) is 0 Å². The van der Waals surface area contributed by atoms with Crippen LogP contribution in [0, 0.1) is 18.7 Å². The molecule has 0 aliphatic heterocycles. The van der Waals surface area contributed by atoms with Crippen molar-refractivity contribution in [3.05, 3.63) is 47.5 Å². The largest absolute Gasteiger partial charge is 0.573 e. The Hall–Kier alpha value is -3.34. The molecule has 7 nitrogen and oxygen atoms in total. The molecule has 0 saturated heterocycles. The SMILES string of the molecule is Cc1cc(OC(F)(F)F)ccc1Nc1c(C(=O)NOCC2CC2)cc2[nH]cnc2c1F. The lowest BCUT2D eigenvalue weighted by Gasteiger charge is -2.16. The van der Waals surface area contributed by atoms with E-state index >= 15 is 4.39 Å². The summed E-state index contributed by atoms with van der Waals surface area (Å²) in [5.41, 5.74) is 3.02. The Labute approximate surface area is 173 Å². The maximum Gasteiger partial charge on any atom is 0.573 e. The van der Waals surface area contributed by atoms with Gasteiger partial charge in [-0.3, -0.25) is 9.63 Å². The molecular formula is C20H18F4N4O3. The predicted octanol–water partition coefficient (Wildman–Crippen LogP) is 4.72. The summed E-state index contributed by atoms with van der Waals surface area (Å²) in [6, 6.07) is 4.96. The van der Waals surface area contributed by atoms with Crippen LogP contribution in [0.4, 0.5) is 28.9 Å². The second-order valence-corrected chi connectivity index (χ2v) is 7.25. The van der Waals surface area contributed by atoms with Crippen molar-refractivity contribution in [2.45, 2.75) is 26.1 Å². The number of aryl methyl sites for hydroxylation is 1. The Balaban J connectivity index is 1.64. The zero-order chi connectivity index (χ0) is 22.2. The van der Waals surface area contributed by atoms with Gasteiger partial charge in [0, 0.05) is 5.69 Å². The van der Waals surface area contributed by atoms with Crippen LogP contribution in [-0.4, -0.2) is 28.8 Å². The van der Waals surface area contributed by atoms with E-state index in [9.17, 15) is 18.0 Å². The number of aromatic nitrogens is 2. The van der Waals surface area contributed by atoms with Crippen LogP contribution in [0.2, 0.25) is 0 Å². The van der Waals surface area contributed by atoms with Crippen LogP contribution in [0.3, 0.4) is 0 Å². The van der Waals surface area contributed by atoms with Gasteiger partial charge in [-0.1, -0.05) is 0 Å². The van der Waals surface area contributed by atoms with Gasteiger partial charge in [0.2, 0.25) is 0 Å². The molecule has 31 heavy (non-hydrogen) atoms. The molecule has 0 unspecified atom stereocenters. The van der Waals surface area contributed by atoms with Gasteiger partial charge in [0.15, 0.2) is 5.82 Å². The molecule has 1 fully saturated rings. The number of hydrogen-bond donors (Lipinski definition) is 3. The molecule has 0 atom stereocenters. The number of benzene rings is 2. The second-order valence-electron chi connectivity index (χ2n) is 7.25. The van der Waals surface area contributed by atoms with E-state index in [0.29, 0.717) is 23.6 Å². The fourth-order valence-corrected chi connectivity index (χ4v) is 3.02. The molecular weight excluding hydrogens is 420 g/mol. The lowest BCUT2D eigenvalue weighted by atomic mass is 10.1. The Morgan fingerprint density at radius 2 is 2.06 bits per heavy atom. The fourth-order valence-electron chi connectivity index (χ4n) is 3.02. The van der Waals surface area contributed by atoms with E-state index in [-0.39, 0.29) is 22.5 Å². The maximum atomic E-state index is 15.2. The molecule has 0 spiro atoms. The van der Waals surface area contributed by atoms with Crippen molar-refractivity contribution >= 4 is 28.3 Å². The molecule has 1 saturated carbocycles. The first kappa shape index (κ1) is 20.9. The quantitative estimate of drug-likeness (QED) is 0.367. The minimum atomic E-state index is -4.83. The van der Waals surface area contributed by atoms with Crippen molar-refractivity contribution in [2.24, 2.45) is 5.92 Å². The van der Waals surface area contributed by atoms with Crippen LogP contribution < -0.4 is 15.5 Å². The summed E-state index contributed by atoms with van der Waals surface area (Å²) in [6.45, 7) is 1.89. The summed E-state index contributed by atoms with van der Waals surface area (Å²) in [5, 5.41) is 2.79. The highest BCUT2D eigenvalue weighted by atomic mass is 19.4. The molecule has 1 aliphatic carbocycles. The summed E-state index contributed by atoms with van der Waals surface area (Å²) < 4.78 is 56.4. The van der Waals surface area contributed by atoms with Crippen LogP contribution >= 0.6 is 0 Å². The first-order valence-corrected chi connectivity index (χ1v) is 9.42. The number of fused-ring (bicyclic) bond motifs is 1. The number of rotatable bonds is 7. The number of halogens is 4. The van der Waals surface area contributed by atoms with E-state index in [2.05, 4.69) is 25.5 Å². The number of hydrogen-bond acceptors (Lipinski definition) is 5. The summed E-state index contributed by atoms with van der Waals surface area (Å²) in [6.07, 6.45) is -1.48. The van der Waals surface area contributed by atoms with Gasteiger partial charge < -0.3 is 15.0 Å². The van der Waals surface area contributed by atoms with Gasteiger partial charge in [-0.05, 0) is 55.5 Å². The molecule has 1 aliphatic rings. The van der Waals surface area contributed by atoms with Crippen molar-refractivity contribution < 1.29 is 31.9 Å². The molecule has 1 heterocycles. The molecule has 0 bridgehead atoms. The molecule has 2 aromatic carbocycles. The number of nitrogens with zero attached hydrogens (tertiary/aromatic N) is 1. The Morgan fingerprint density at radius 3 is 2.74 bits per heavy atom. The van der Waals surface area contributed by atoms with Crippen LogP contribution in [0.15, 0.2) is 30.6 Å². The van der Waals surface area contributed by atoms with E-state index in [1.165, 1.54) is 25.4 Å². The summed E-state index contributed by atoms with van der Waals surface area (Å²) in [7, 11) is 0. The highest BCUT2D eigenvalue weighted by Crippen LogP contribution is 2.33.